The Labute approximate surface area is 114 Å². The number of benzene rings is 1. The standard InChI is InChI=1S/C11H14F3N3O2S/c12-11(13,14)7-16-20(18,19)17-5-1-2-8-6-9(15)3-4-10(8)17/h3-4,6,16H,1-2,5,7,15H2. The Hall–Kier alpha value is -1.48. The van der Waals surface area contributed by atoms with E-state index in [1.54, 1.807) is 10.8 Å². The molecule has 1 aromatic carbocycles. The Morgan fingerprint density at radius 3 is 2.70 bits per heavy atom. The lowest BCUT2D eigenvalue weighted by molar-refractivity contribution is -0.121. The number of fused-ring (bicyclic) bond motifs is 1. The fourth-order valence-corrected chi connectivity index (χ4v) is 3.39. The van der Waals surface area contributed by atoms with Crippen molar-refractivity contribution in [3.8, 4) is 0 Å². The van der Waals surface area contributed by atoms with E-state index < -0.39 is 22.9 Å². The summed E-state index contributed by atoms with van der Waals surface area (Å²) < 4.78 is 62.9. The molecular formula is C11H14F3N3O2S. The van der Waals surface area contributed by atoms with Gasteiger partial charge < -0.3 is 5.73 Å². The molecule has 0 atom stereocenters. The summed E-state index contributed by atoms with van der Waals surface area (Å²) in [4.78, 5) is 0. The maximum Gasteiger partial charge on any atom is 0.402 e. The van der Waals surface area contributed by atoms with Gasteiger partial charge in [-0.3, -0.25) is 4.31 Å². The lowest BCUT2D eigenvalue weighted by atomic mass is 10.0. The summed E-state index contributed by atoms with van der Waals surface area (Å²) in [6.45, 7) is -1.44. The molecule has 0 aliphatic carbocycles. The molecule has 20 heavy (non-hydrogen) atoms. The zero-order valence-corrected chi connectivity index (χ0v) is 11.3. The zero-order valence-electron chi connectivity index (χ0n) is 10.4. The first-order valence-corrected chi connectivity index (χ1v) is 7.35. The molecule has 5 nitrogen and oxygen atoms in total. The van der Waals surface area contributed by atoms with Gasteiger partial charge in [0.25, 0.3) is 0 Å². The van der Waals surface area contributed by atoms with Crippen molar-refractivity contribution in [3.05, 3.63) is 23.8 Å². The number of alkyl halides is 3. The molecular weight excluding hydrogens is 295 g/mol. The quantitative estimate of drug-likeness (QED) is 0.829. The highest BCUT2D eigenvalue weighted by Gasteiger charge is 2.33. The molecule has 0 bridgehead atoms. The topological polar surface area (TPSA) is 75.4 Å². The molecule has 1 aliphatic rings. The Balaban J connectivity index is 2.26. The molecule has 112 valence electrons. The maximum absolute atomic E-state index is 12.1. The third-order valence-corrected chi connectivity index (χ3v) is 4.39. The van der Waals surface area contributed by atoms with Crippen LogP contribution in [0.2, 0.25) is 0 Å². The van der Waals surface area contributed by atoms with Crippen molar-refractivity contribution in [2.24, 2.45) is 0 Å². The molecule has 1 heterocycles. The Morgan fingerprint density at radius 1 is 1.35 bits per heavy atom. The minimum absolute atomic E-state index is 0.143. The van der Waals surface area contributed by atoms with Gasteiger partial charge in [0.1, 0.15) is 6.54 Å². The number of hydrogen-bond donors (Lipinski definition) is 2. The minimum atomic E-state index is -4.59. The summed E-state index contributed by atoms with van der Waals surface area (Å²) in [6, 6.07) is 4.67. The minimum Gasteiger partial charge on any atom is -0.399 e. The van der Waals surface area contributed by atoms with Gasteiger partial charge >= 0.3 is 16.4 Å². The van der Waals surface area contributed by atoms with Crippen LogP contribution < -0.4 is 14.8 Å². The average Bonchev–Trinajstić information content (AvgIpc) is 2.34. The number of nitrogens with one attached hydrogen (secondary N) is 1. The molecule has 0 saturated carbocycles. The molecule has 0 aromatic heterocycles. The van der Waals surface area contributed by atoms with Crippen LogP contribution in [0.1, 0.15) is 12.0 Å². The van der Waals surface area contributed by atoms with Gasteiger partial charge in [-0.15, -0.1) is 0 Å². The summed E-state index contributed by atoms with van der Waals surface area (Å²) in [7, 11) is -4.22. The van der Waals surface area contributed by atoms with Crippen LogP contribution in [0.4, 0.5) is 24.5 Å². The number of hydrogen-bond acceptors (Lipinski definition) is 3. The van der Waals surface area contributed by atoms with Crippen LogP contribution in [-0.2, 0) is 16.6 Å². The Kier molecular flexibility index (Phi) is 3.83. The van der Waals surface area contributed by atoms with Crippen LogP contribution in [0.25, 0.3) is 0 Å². The lowest BCUT2D eigenvalue weighted by Gasteiger charge is -2.30. The van der Waals surface area contributed by atoms with E-state index in [0.29, 0.717) is 29.8 Å². The van der Waals surface area contributed by atoms with Crippen LogP contribution in [0.3, 0.4) is 0 Å². The number of nitrogens with two attached hydrogens (primary N) is 1. The Bertz CT molecular complexity index is 601. The van der Waals surface area contributed by atoms with Gasteiger partial charge in [0.05, 0.1) is 5.69 Å². The number of halogens is 3. The Morgan fingerprint density at radius 2 is 2.05 bits per heavy atom. The van der Waals surface area contributed by atoms with E-state index in [1.165, 1.54) is 12.1 Å². The zero-order chi connectivity index (χ0) is 15.0. The van der Waals surface area contributed by atoms with Gasteiger partial charge in [-0.25, -0.2) is 0 Å². The number of rotatable bonds is 3. The second kappa shape index (κ2) is 5.13. The molecule has 0 unspecified atom stereocenters. The fourth-order valence-electron chi connectivity index (χ4n) is 2.08. The molecule has 9 heteroatoms. The number of nitrogens with zero attached hydrogens (tertiary/aromatic N) is 1. The van der Waals surface area contributed by atoms with E-state index in [9.17, 15) is 21.6 Å². The normalized spacial score (nSPS) is 16.1. The third-order valence-electron chi connectivity index (χ3n) is 2.92. The molecule has 0 spiro atoms. The highest BCUT2D eigenvalue weighted by atomic mass is 32.2. The lowest BCUT2D eigenvalue weighted by Crippen LogP contribution is -2.46. The second-order valence-corrected chi connectivity index (χ2v) is 6.18. The van der Waals surface area contributed by atoms with Gasteiger partial charge in [0, 0.05) is 12.2 Å². The van der Waals surface area contributed by atoms with E-state index in [4.69, 9.17) is 5.73 Å². The van der Waals surface area contributed by atoms with E-state index in [2.05, 4.69) is 0 Å². The molecule has 3 N–H and O–H groups in total. The van der Waals surface area contributed by atoms with Crippen LogP contribution >= 0.6 is 0 Å². The van der Waals surface area contributed by atoms with E-state index in [0.717, 1.165) is 4.31 Å². The predicted molar refractivity (Wildman–Crippen MR) is 69.5 cm³/mol. The first kappa shape index (κ1) is 14.9. The first-order chi connectivity index (χ1) is 9.19. The van der Waals surface area contributed by atoms with Crippen LogP contribution in [0.5, 0.6) is 0 Å². The maximum atomic E-state index is 12.1. The molecule has 0 saturated heterocycles. The number of nitrogen functional groups attached to an aromatic ring is 1. The van der Waals surface area contributed by atoms with Gasteiger partial charge in [-0.05, 0) is 36.6 Å². The summed E-state index contributed by atoms with van der Waals surface area (Å²) in [5.41, 5.74) is 7.20. The van der Waals surface area contributed by atoms with Crippen molar-refractivity contribution < 1.29 is 21.6 Å². The fraction of sp³-hybridized carbons (Fsp3) is 0.455. The average molecular weight is 309 g/mol. The van der Waals surface area contributed by atoms with E-state index in [1.807, 2.05) is 0 Å². The van der Waals surface area contributed by atoms with E-state index in [-0.39, 0.29) is 6.54 Å². The SMILES string of the molecule is Nc1ccc2c(c1)CCCN2S(=O)(=O)NCC(F)(F)F. The van der Waals surface area contributed by atoms with Crippen LogP contribution in [-0.4, -0.2) is 27.7 Å². The molecule has 2 rings (SSSR count). The van der Waals surface area contributed by atoms with Crippen molar-refractivity contribution in [1.29, 1.82) is 0 Å². The van der Waals surface area contributed by atoms with Gasteiger partial charge in [-0.1, -0.05) is 0 Å². The largest absolute Gasteiger partial charge is 0.402 e. The first-order valence-electron chi connectivity index (χ1n) is 5.91. The van der Waals surface area contributed by atoms with Gasteiger partial charge in [0.15, 0.2) is 0 Å². The second-order valence-electron chi connectivity index (χ2n) is 4.51. The molecule has 0 fully saturated rings. The van der Waals surface area contributed by atoms with Crippen molar-refractivity contribution in [1.82, 2.24) is 4.72 Å². The molecule has 0 amide bonds. The van der Waals surface area contributed by atoms with Crippen molar-refractivity contribution in [2.45, 2.75) is 19.0 Å². The van der Waals surface area contributed by atoms with Gasteiger partial charge in [0.2, 0.25) is 0 Å². The number of aryl methyl sites for hydroxylation is 1. The van der Waals surface area contributed by atoms with Crippen LogP contribution in [0.15, 0.2) is 18.2 Å². The molecule has 1 aliphatic heterocycles. The summed E-state index contributed by atoms with van der Waals surface area (Å²) in [5, 5.41) is 0. The summed E-state index contributed by atoms with van der Waals surface area (Å²) >= 11 is 0. The summed E-state index contributed by atoms with van der Waals surface area (Å²) in [6.07, 6.45) is -3.41. The summed E-state index contributed by atoms with van der Waals surface area (Å²) in [5.74, 6) is 0. The van der Waals surface area contributed by atoms with Gasteiger partial charge in [-0.2, -0.15) is 26.3 Å². The number of anilines is 2. The highest BCUT2D eigenvalue weighted by molar-refractivity contribution is 7.90. The smallest absolute Gasteiger partial charge is 0.399 e. The van der Waals surface area contributed by atoms with Crippen molar-refractivity contribution in [3.63, 3.8) is 0 Å². The monoisotopic (exact) mass is 309 g/mol. The van der Waals surface area contributed by atoms with Crippen molar-refractivity contribution >= 4 is 21.6 Å². The molecule has 0 radical (unpaired) electrons. The van der Waals surface area contributed by atoms with E-state index >= 15 is 0 Å². The molecule has 1 aromatic rings. The third kappa shape index (κ3) is 3.34. The predicted octanol–water partition coefficient (Wildman–Crippen LogP) is 1.42. The van der Waals surface area contributed by atoms with Crippen molar-refractivity contribution in [2.75, 3.05) is 23.1 Å². The van der Waals surface area contributed by atoms with Crippen LogP contribution in [0, 0.1) is 0 Å². The highest BCUT2D eigenvalue weighted by Crippen LogP contribution is 2.30.